The molecule has 7 unspecified atom stereocenters. The molecule has 0 bridgehead atoms. The van der Waals surface area contributed by atoms with Crippen molar-refractivity contribution in [3.8, 4) is 0 Å². The highest BCUT2D eigenvalue weighted by molar-refractivity contribution is 5.39. The van der Waals surface area contributed by atoms with E-state index in [-0.39, 0.29) is 0 Å². The Morgan fingerprint density at radius 2 is 1.27 bits per heavy atom. The van der Waals surface area contributed by atoms with E-state index in [4.69, 9.17) is 0 Å². The smallest absolute Gasteiger partial charge is 0.0170 e. The van der Waals surface area contributed by atoms with Crippen LogP contribution >= 0.6 is 0 Å². The van der Waals surface area contributed by atoms with Crippen molar-refractivity contribution in [3.05, 3.63) is 0 Å². The number of rotatable bonds is 22. The Morgan fingerprint density at radius 3 is 1.84 bits per heavy atom. The maximum Gasteiger partial charge on any atom is -0.0170 e. The van der Waals surface area contributed by atoms with Gasteiger partial charge in [-0.05, 0) is 103 Å². The van der Waals surface area contributed by atoms with Crippen LogP contribution < -0.4 is 0 Å². The van der Waals surface area contributed by atoms with Crippen molar-refractivity contribution < 1.29 is 0 Å². The Morgan fingerprint density at radius 1 is 0.703 bits per heavy atom. The Labute approximate surface area is 235 Å². The zero-order chi connectivity index (χ0) is 27.2. The minimum absolute atomic E-state index is 0.531. The van der Waals surface area contributed by atoms with Gasteiger partial charge in [-0.3, -0.25) is 0 Å². The molecule has 37 heavy (non-hydrogen) atoms. The predicted molar refractivity (Wildman–Crippen MR) is 166 cm³/mol. The minimum Gasteiger partial charge on any atom is -0.0654 e. The van der Waals surface area contributed by atoms with Crippen molar-refractivity contribution >= 4 is 0 Å². The van der Waals surface area contributed by atoms with Crippen LogP contribution in [0.15, 0.2) is 0 Å². The van der Waals surface area contributed by atoms with Crippen molar-refractivity contribution in [1.29, 1.82) is 0 Å². The van der Waals surface area contributed by atoms with E-state index < -0.39 is 0 Å². The lowest BCUT2D eigenvalue weighted by Crippen LogP contribution is -2.16. The summed E-state index contributed by atoms with van der Waals surface area (Å²) >= 11 is 0. The maximum atomic E-state index is 2.58. The minimum atomic E-state index is 0.531. The Balaban J connectivity index is 1.35. The third-order valence-corrected chi connectivity index (χ3v) is 12.3. The van der Waals surface area contributed by atoms with Crippen molar-refractivity contribution in [2.45, 2.75) is 190 Å². The van der Waals surface area contributed by atoms with Crippen LogP contribution in [0.4, 0.5) is 0 Å². The summed E-state index contributed by atoms with van der Waals surface area (Å²) in [5.41, 5.74) is 2.99. The van der Waals surface area contributed by atoms with Gasteiger partial charge in [0.05, 0.1) is 0 Å². The molecule has 2 spiro atoms. The molecular weight excluding hydrogens is 444 g/mol. The van der Waals surface area contributed by atoms with E-state index in [0.717, 1.165) is 39.9 Å². The molecular formula is C37H70. The molecule has 0 aliphatic heterocycles. The van der Waals surface area contributed by atoms with Gasteiger partial charge in [0.25, 0.3) is 0 Å². The Bertz CT molecular complexity index is 661. The fraction of sp³-hybridized carbons (Fsp3) is 1.00. The van der Waals surface area contributed by atoms with E-state index >= 15 is 0 Å². The molecule has 7 atom stereocenters. The first-order valence-electron chi connectivity index (χ1n) is 17.6. The summed E-state index contributed by atoms with van der Waals surface area (Å²) in [7, 11) is 0. The molecule has 0 heteroatoms. The summed E-state index contributed by atoms with van der Waals surface area (Å²) in [5.74, 6) is 3.75. The lowest BCUT2D eigenvalue weighted by atomic mass is 9.77. The first kappa shape index (κ1) is 31.5. The van der Waals surface area contributed by atoms with Crippen LogP contribution in [0.25, 0.3) is 0 Å². The molecule has 0 radical (unpaired) electrons. The molecule has 0 amide bonds. The van der Waals surface area contributed by atoms with Crippen molar-refractivity contribution in [2.24, 2.45) is 45.3 Å². The van der Waals surface area contributed by atoms with Gasteiger partial charge in [0.15, 0.2) is 0 Å². The lowest BCUT2D eigenvalue weighted by molar-refractivity contribution is 0.233. The SMILES string of the molecule is CCCCCCCCCCCC1(CCCC(C)(C)CCC(C)CC(C)CC(C)CC)CC12CC21CC1C. The highest BCUT2D eigenvalue weighted by atomic mass is 14.9. The van der Waals surface area contributed by atoms with Crippen LogP contribution in [-0.2, 0) is 0 Å². The van der Waals surface area contributed by atoms with Crippen LogP contribution in [0.2, 0.25) is 0 Å². The molecule has 0 saturated heterocycles. The van der Waals surface area contributed by atoms with Gasteiger partial charge in [-0.1, -0.05) is 132 Å². The van der Waals surface area contributed by atoms with Gasteiger partial charge in [0, 0.05) is 0 Å². The fourth-order valence-electron chi connectivity index (χ4n) is 9.36. The number of hydrogen-bond donors (Lipinski definition) is 0. The molecule has 0 nitrogen and oxygen atoms in total. The highest BCUT2D eigenvalue weighted by Crippen LogP contribution is 2.98. The highest BCUT2D eigenvalue weighted by Gasteiger charge is 2.91. The molecule has 0 aromatic heterocycles. The van der Waals surface area contributed by atoms with Crippen LogP contribution in [0.1, 0.15) is 190 Å². The molecule has 3 saturated carbocycles. The molecule has 3 fully saturated rings. The predicted octanol–water partition coefficient (Wildman–Crippen LogP) is 12.8. The quantitative estimate of drug-likeness (QED) is 0.126. The second-order valence-electron chi connectivity index (χ2n) is 16.3. The van der Waals surface area contributed by atoms with Crippen molar-refractivity contribution in [1.82, 2.24) is 0 Å². The van der Waals surface area contributed by atoms with Gasteiger partial charge >= 0.3 is 0 Å². The van der Waals surface area contributed by atoms with Crippen molar-refractivity contribution in [2.75, 3.05) is 0 Å². The average molecular weight is 515 g/mol. The molecule has 0 heterocycles. The fourth-order valence-corrected chi connectivity index (χ4v) is 9.36. The summed E-state index contributed by atoms with van der Waals surface area (Å²) in [6.07, 6.45) is 31.2. The van der Waals surface area contributed by atoms with Crippen LogP contribution in [0, 0.1) is 45.3 Å². The number of unbranched alkanes of at least 4 members (excludes halogenated alkanes) is 8. The first-order chi connectivity index (χ1) is 17.6. The van der Waals surface area contributed by atoms with E-state index in [2.05, 4.69) is 55.4 Å². The van der Waals surface area contributed by atoms with Gasteiger partial charge in [-0.15, -0.1) is 0 Å². The molecule has 3 rings (SSSR count). The van der Waals surface area contributed by atoms with Gasteiger partial charge in [0.1, 0.15) is 0 Å². The third kappa shape index (κ3) is 8.26. The topological polar surface area (TPSA) is 0 Å². The Kier molecular flexibility index (Phi) is 11.6. The van der Waals surface area contributed by atoms with Gasteiger partial charge in [-0.2, -0.15) is 0 Å². The van der Waals surface area contributed by atoms with E-state index in [9.17, 15) is 0 Å². The van der Waals surface area contributed by atoms with E-state index in [0.29, 0.717) is 5.41 Å². The van der Waals surface area contributed by atoms with Crippen LogP contribution in [0.3, 0.4) is 0 Å². The largest absolute Gasteiger partial charge is 0.0654 e. The monoisotopic (exact) mass is 515 g/mol. The zero-order valence-corrected chi connectivity index (χ0v) is 27.2. The summed E-state index contributed by atoms with van der Waals surface area (Å²) in [4.78, 5) is 0. The zero-order valence-electron chi connectivity index (χ0n) is 27.2. The van der Waals surface area contributed by atoms with E-state index in [1.54, 1.807) is 32.1 Å². The summed E-state index contributed by atoms with van der Waals surface area (Å²) in [6, 6.07) is 0. The van der Waals surface area contributed by atoms with Crippen LogP contribution in [0.5, 0.6) is 0 Å². The molecule has 0 N–H and O–H groups in total. The molecule has 3 aliphatic rings. The summed E-state index contributed by atoms with van der Waals surface area (Å²) in [5, 5.41) is 0. The second-order valence-corrected chi connectivity index (χ2v) is 16.3. The average Bonchev–Trinajstić information content (AvgIpc) is 3.78. The number of fused-ring (bicyclic) bond motifs is 1. The van der Waals surface area contributed by atoms with E-state index in [1.165, 1.54) is 103 Å². The lowest BCUT2D eigenvalue weighted by Gasteiger charge is -2.28. The second kappa shape index (κ2) is 13.6. The summed E-state index contributed by atoms with van der Waals surface area (Å²) < 4.78 is 0. The van der Waals surface area contributed by atoms with Gasteiger partial charge in [-0.25, -0.2) is 0 Å². The third-order valence-electron chi connectivity index (χ3n) is 12.3. The molecule has 3 aliphatic carbocycles. The van der Waals surface area contributed by atoms with Gasteiger partial charge in [0.2, 0.25) is 0 Å². The molecule has 218 valence electrons. The Hall–Kier alpha value is 0. The standard InChI is InChI=1S/C37H70/c1-9-11-12-13-14-15-16-17-18-22-35(28-37(35)29-36(37)27-33(36)6)23-19-21-34(7,8)24-20-31(4)26-32(5)25-30(3)10-2/h30-33H,9-29H2,1-8H3. The first-order valence-corrected chi connectivity index (χ1v) is 17.6. The maximum absolute atomic E-state index is 2.58. The normalized spacial score (nSPS) is 32.6. The molecule has 0 aromatic rings. The summed E-state index contributed by atoms with van der Waals surface area (Å²) in [6.45, 7) is 19.9. The number of hydrogen-bond acceptors (Lipinski definition) is 0. The van der Waals surface area contributed by atoms with Gasteiger partial charge < -0.3 is 0 Å². The van der Waals surface area contributed by atoms with Crippen molar-refractivity contribution in [3.63, 3.8) is 0 Å². The van der Waals surface area contributed by atoms with Crippen LogP contribution in [-0.4, -0.2) is 0 Å². The van der Waals surface area contributed by atoms with E-state index in [1.807, 2.05) is 0 Å². The molecule has 0 aromatic carbocycles.